The zero-order chi connectivity index (χ0) is 21.0. The van der Waals surface area contributed by atoms with Crippen molar-refractivity contribution in [2.45, 2.75) is 45.9 Å². The molecule has 0 saturated heterocycles. The lowest BCUT2D eigenvalue weighted by Crippen LogP contribution is -2.64. The number of nitrogens with one attached hydrogen (secondary N) is 2. The molecule has 8 nitrogen and oxygen atoms in total. The molecular formula is C19H31N2O6P. The van der Waals surface area contributed by atoms with Gasteiger partial charge in [0.15, 0.2) is 5.66 Å². The average Bonchev–Trinajstić information content (AvgIpc) is 2.71. The standard InChI is InChI=1S/C19H31N2O6P/c1-5-13-19(17(22)25-4,20-15-28(24,7-3)27-6-2)21-18(23)26-14-16-11-9-8-10-12-16/h8-12,20H,5-7,13-15H2,1-4H3,(H,21,23). The quantitative estimate of drug-likeness (QED) is 0.307. The van der Waals surface area contributed by atoms with E-state index < -0.39 is 25.1 Å². The normalized spacial score (nSPS) is 15.1. The minimum Gasteiger partial charge on any atom is -0.466 e. The zero-order valence-electron chi connectivity index (χ0n) is 17.0. The first-order valence-corrected chi connectivity index (χ1v) is 11.4. The fourth-order valence-corrected chi connectivity index (χ4v) is 4.12. The van der Waals surface area contributed by atoms with E-state index in [1.165, 1.54) is 7.11 Å². The monoisotopic (exact) mass is 414 g/mol. The molecule has 1 aromatic rings. The second kappa shape index (κ2) is 11.8. The largest absolute Gasteiger partial charge is 0.466 e. The van der Waals surface area contributed by atoms with Gasteiger partial charge < -0.3 is 14.0 Å². The van der Waals surface area contributed by atoms with Crippen molar-refractivity contribution in [2.75, 3.05) is 26.2 Å². The molecule has 0 heterocycles. The third-order valence-electron chi connectivity index (χ3n) is 4.15. The lowest BCUT2D eigenvalue weighted by molar-refractivity contribution is -0.150. The summed E-state index contributed by atoms with van der Waals surface area (Å²) in [5.41, 5.74) is -0.740. The Morgan fingerprint density at radius 2 is 1.82 bits per heavy atom. The molecule has 1 rings (SSSR count). The molecule has 0 radical (unpaired) electrons. The van der Waals surface area contributed by atoms with Crippen LogP contribution in [0.5, 0.6) is 0 Å². The molecule has 0 fully saturated rings. The van der Waals surface area contributed by atoms with Crippen molar-refractivity contribution < 1.29 is 28.2 Å². The lowest BCUT2D eigenvalue weighted by atomic mass is 10.0. The van der Waals surface area contributed by atoms with Crippen molar-refractivity contribution >= 4 is 19.4 Å². The van der Waals surface area contributed by atoms with E-state index in [2.05, 4.69) is 10.6 Å². The van der Waals surface area contributed by atoms with Crippen LogP contribution >= 0.6 is 7.37 Å². The molecule has 2 N–H and O–H groups in total. The predicted molar refractivity (Wildman–Crippen MR) is 107 cm³/mol. The molecule has 0 aliphatic rings. The van der Waals surface area contributed by atoms with Crippen LogP contribution in [0.4, 0.5) is 4.79 Å². The SMILES string of the molecule is CCCC(NCP(=O)(CC)OCC)(NC(=O)OCc1ccccc1)C(=O)OC. The summed E-state index contributed by atoms with van der Waals surface area (Å²) in [7, 11) is -1.76. The van der Waals surface area contributed by atoms with Crippen LogP contribution in [0.2, 0.25) is 0 Å². The Morgan fingerprint density at radius 3 is 2.36 bits per heavy atom. The maximum absolute atomic E-state index is 12.8. The molecule has 0 saturated carbocycles. The van der Waals surface area contributed by atoms with Gasteiger partial charge in [-0.1, -0.05) is 50.6 Å². The van der Waals surface area contributed by atoms with E-state index >= 15 is 0 Å². The molecule has 2 unspecified atom stereocenters. The molecule has 0 spiro atoms. The number of esters is 1. The molecule has 0 aromatic heterocycles. The van der Waals surface area contributed by atoms with E-state index in [1.54, 1.807) is 13.8 Å². The summed E-state index contributed by atoms with van der Waals surface area (Å²) < 4.78 is 28.3. The van der Waals surface area contributed by atoms with Gasteiger partial charge in [0.25, 0.3) is 0 Å². The Morgan fingerprint density at radius 1 is 1.14 bits per heavy atom. The number of rotatable bonds is 12. The van der Waals surface area contributed by atoms with Gasteiger partial charge in [0, 0.05) is 6.16 Å². The van der Waals surface area contributed by atoms with Crippen molar-refractivity contribution in [2.24, 2.45) is 0 Å². The summed E-state index contributed by atoms with van der Waals surface area (Å²) in [5.74, 6) is -0.690. The molecule has 158 valence electrons. The van der Waals surface area contributed by atoms with Crippen LogP contribution in [0.1, 0.15) is 39.2 Å². The lowest BCUT2D eigenvalue weighted by Gasteiger charge is -2.33. The highest BCUT2D eigenvalue weighted by Gasteiger charge is 2.42. The number of methoxy groups -OCH3 is 1. The average molecular weight is 414 g/mol. The third kappa shape index (κ3) is 7.26. The summed E-state index contributed by atoms with van der Waals surface area (Å²) in [6.45, 7) is 5.71. The van der Waals surface area contributed by atoms with Gasteiger partial charge in [0.1, 0.15) is 6.61 Å². The van der Waals surface area contributed by atoms with Crippen molar-refractivity contribution in [1.82, 2.24) is 10.6 Å². The van der Waals surface area contributed by atoms with E-state index in [-0.39, 0.29) is 19.3 Å². The van der Waals surface area contributed by atoms with E-state index in [9.17, 15) is 14.2 Å². The van der Waals surface area contributed by atoms with E-state index in [4.69, 9.17) is 14.0 Å². The van der Waals surface area contributed by atoms with E-state index in [0.717, 1.165) is 5.56 Å². The molecule has 28 heavy (non-hydrogen) atoms. The number of alkyl carbamates (subject to hydrolysis) is 1. The number of carbonyl (C=O) groups is 2. The van der Waals surface area contributed by atoms with Gasteiger partial charge in [-0.05, 0) is 18.9 Å². The minimum atomic E-state index is -2.99. The van der Waals surface area contributed by atoms with Gasteiger partial charge in [0.2, 0.25) is 7.37 Å². The predicted octanol–water partition coefficient (Wildman–Crippen LogP) is 3.46. The molecule has 1 aromatic carbocycles. The molecule has 1 amide bonds. The highest BCUT2D eigenvalue weighted by atomic mass is 31.2. The smallest absolute Gasteiger partial charge is 0.409 e. The first-order chi connectivity index (χ1) is 13.3. The number of benzene rings is 1. The number of hydrogen-bond donors (Lipinski definition) is 2. The first-order valence-electron chi connectivity index (χ1n) is 9.39. The van der Waals surface area contributed by atoms with Crippen LogP contribution < -0.4 is 10.6 Å². The highest BCUT2D eigenvalue weighted by Crippen LogP contribution is 2.45. The number of ether oxygens (including phenoxy) is 2. The number of hydrogen-bond acceptors (Lipinski definition) is 7. The molecule has 0 aliphatic heterocycles. The van der Waals surface area contributed by atoms with Gasteiger partial charge in [0.05, 0.1) is 20.0 Å². The Labute approximate surface area is 166 Å². The van der Waals surface area contributed by atoms with Crippen LogP contribution in [0.25, 0.3) is 0 Å². The van der Waals surface area contributed by atoms with Crippen LogP contribution in [-0.4, -0.2) is 43.9 Å². The maximum Gasteiger partial charge on any atom is 0.409 e. The van der Waals surface area contributed by atoms with E-state index in [0.29, 0.717) is 19.2 Å². The second-order valence-corrected chi connectivity index (χ2v) is 9.05. The molecule has 0 aliphatic carbocycles. The molecule has 0 bridgehead atoms. The minimum absolute atomic E-state index is 0.0580. The van der Waals surface area contributed by atoms with Crippen molar-refractivity contribution in [3.63, 3.8) is 0 Å². The fourth-order valence-electron chi connectivity index (χ4n) is 2.64. The van der Waals surface area contributed by atoms with Crippen LogP contribution in [0, 0.1) is 0 Å². The van der Waals surface area contributed by atoms with Crippen molar-refractivity contribution in [3.8, 4) is 0 Å². The Kier molecular flexibility index (Phi) is 10.2. The summed E-state index contributed by atoms with van der Waals surface area (Å²) in [6.07, 6.45) is 0.237. The van der Waals surface area contributed by atoms with Gasteiger partial charge >= 0.3 is 12.1 Å². The third-order valence-corrected chi connectivity index (χ3v) is 6.49. The van der Waals surface area contributed by atoms with Gasteiger partial charge in [-0.25, -0.2) is 9.59 Å². The van der Waals surface area contributed by atoms with Crippen molar-refractivity contribution in [1.29, 1.82) is 0 Å². The number of carbonyl (C=O) groups excluding carboxylic acids is 2. The summed E-state index contributed by atoms with van der Waals surface area (Å²) in [4.78, 5) is 24.9. The highest BCUT2D eigenvalue weighted by molar-refractivity contribution is 7.58. The first kappa shape index (κ1) is 24.1. The van der Waals surface area contributed by atoms with Crippen LogP contribution in [0.15, 0.2) is 30.3 Å². The van der Waals surface area contributed by atoms with E-state index in [1.807, 2.05) is 37.3 Å². The maximum atomic E-state index is 12.8. The fraction of sp³-hybridized carbons (Fsp3) is 0.579. The Bertz CT molecular complexity index is 670. The number of amides is 1. The van der Waals surface area contributed by atoms with Gasteiger partial charge in [-0.2, -0.15) is 0 Å². The Balaban J connectivity index is 2.91. The molecule has 9 heteroatoms. The van der Waals surface area contributed by atoms with Crippen LogP contribution in [0.3, 0.4) is 0 Å². The topological polar surface area (TPSA) is 103 Å². The summed E-state index contributed by atoms with van der Waals surface area (Å²) >= 11 is 0. The van der Waals surface area contributed by atoms with Gasteiger partial charge in [-0.15, -0.1) is 0 Å². The van der Waals surface area contributed by atoms with Crippen molar-refractivity contribution in [3.05, 3.63) is 35.9 Å². The summed E-state index contributed by atoms with van der Waals surface area (Å²) in [5, 5.41) is 5.48. The van der Waals surface area contributed by atoms with Gasteiger partial charge in [-0.3, -0.25) is 15.2 Å². The summed E-state index contributed by atoms with van der Waals surface area (Å²) in [6, 6.07) is 9.19. The molecular weight excluding hydrogens is 383 g/mol. The Hall–Kier alpha value is -1.89. The van der Waals surface area contributed by atoms with Crippen LogP contribution in [-0.2, 0) is 30.0 Å². The zero-order valence-corrected chi connectivity index (χ0v) is 17.9. The second-order valence-electron chi connectivity index (χ2n) is 6.22. The molecule has 2 atom stereocenters.